The molecule has 6 heteroatoms. The van der Waals surface area contributed by atoms with Gasteiger partial charge >= 0.3 is 0 Å². The predicted octanol–water partition coefficient (Wildman–Crippen LogP) is 3.19. The fraction of sp³-hybridized carbons (Fsp3) is 0.0667. The number of H-pyrrole nitrogens is 1. The molecule has 0 unspecified atom stereocenters. The Morgan fingerprint density at radius 3 is 2.71 bits per heavy atom. The van der Waals surface area contributed by atoms with Gasteiger partial charge in [0, 0.05) is 6.20 Å². The van der Waals surface area contributed by atoms with Crippen LogP contribution in [0.5, 0.6) is 0 Å². The molecule has 3 rings (SSSR count). The van der Waals surface area contributed by atoms with Crippen molar-refractivity contribution >= 4 is 18.4 Å². The molecule has 0 bridgehead atoms. The highest BCUT2D eigenvalue weighted by Gasteiger charge is 2.08. The van der Waals surface area contributed by atoms with Crippen molar-refractivity contribution in [3.05, 3.63) is 64.6 Å². The first-order valence-corrected chi connectivity index (χ1v) is 6.85. The van der Waals surface area contributed by atoms with Gasteiger partial charge in [0.1, 0.15) is 5.69 Å². The number of rotatable bonds is 3. The number of hydrogen-bond acceptors (Lipinski definition) is 4. The van der Waals surface area contributed by atoms with Crippen molar-refractivity contribution in [3.63, 3.8) is 0 Å². The number of hydrogen-bond donors (Lipinski definition) is 1. The zero-order chi connectivity index (χ0) is 14.7. The van der Waals surface area contributed by atoms with Gasteiger partial charge < -0.3 is 0 Å². The fourth-order valence-corrected chi connectivity index (χ4v) is 2.02. The van der Waals surface area contributed by atoms with E-state index in [9.17, 15) is 0 Å². The number of aryl methyl sites for hydroxylation is 1. The number of aromatic amines is 1. The van der Waals surface area contributed by atoms with E-state index in [1.807, 2.05) is 49.4 Å². The summed E-state index contributed by atoms with van der Waals surface area (Å²) in [7, 11) is 0. The lowest BCUT2D eigenvalue weighted by atomic mass is 10.2. The summed E-state index contributed by atoms with van der Waals surface area (Å²) >= 11 is 5.21. The van der Waals surface area contributed by atoms with Crippen molar-refractivity contribution < 1.29 is 0 Å². The lowest BCUT2D eigenvalue weighted by Crippen LogP contribution is -1.96. The third kappa shape index (κ3) is 2.95. The predicted molar refractivity (Wildman–Crippen MR) is 84.8 cm³/mol. The van der Waals surface area contributed by atoms with Gasteiger partial charge in [0.2, 0.25) is 10.6 Å². The maximum Gasteiger partial charge on any atom is 0.216 e. The van der Waals surface area contributed by atoms with Crippen LogP contribution in [0, 0.1) is 11.7 Å². The quantitative estimate of drug-likeness (QED) is 0.596. The average Bonchev–Trinajstić information content (AvgIpc) is 2.89. The maximum absolute atomic E-state index is 5.21. The van der Waals surface area contributed by atoms with Gasteiger partial charge in [-0.15, -0.1) is 0 Å². The Bertz CT molecular complexity index is 815. The molecule has 0 saturated heterocycles. The molecule has 0 atom stereocenters. The molecular weight excluding hydrogens is 282 g/mol. The van der Waals surface area contributed by atoms with Crippen LogP contribution < -0.4 is 0 Å². The Kier molecular flexibility index (Phi) is 3.70. The van der Waals surface area contributed by atoms with Crippen LogP contribution in [0.2, 0.25) is 0 Å². The highest BCUT2D eigenvalue weighted by Crippen LogP contribution is 2.13. The van der Waals surface area contributed by atoms with Crippen molar-refractivity contribution in [2.24, 2.45) is 5.10 Å². The van der Waals surface area contributed by atoms with Crippen LogP contribution in [0.25, 0.3) is 11.5 Å². The van der Waals surface area contributed by atoms with Crippen LogP contribution in [0.4, 0.5) is 0 Å². The van der Waals surface area contributed by atoms with Crippen LogP contribution in [0.3, 0.4) is 0 Å². The summed E-state index contributed by atoms with van der Waals surface area (Å²) in [6.45, 7) is 2.05. The number of nitrogens with zero attached hydrogens (tertiary/aromatic N) is 4. The molecule has 2 aromatic heterocycles. The lowest BCUT2D eigenvalue weighted by molar-refractivity contribution is 0.867. The van der Waals surface area contributed by atoms with E-state index >= 15 is 0 Å². The van der Waals surface area contributed by atoms with E-state index in [1.54, 1.807) is 17.1 Å². The molecule has 21 heavy (non-hydrogen) atoms. The van der Waals surface area contributed by atoms with Crippen molar-refractivity contribution in [2.75, 3.05) is 0 Å². The third-order valence-corrected chi connectivity index (χ3v) is 3.21. The first kappa shape index (κ1) is 13.4. The Labute approximate surface area is 127 Å². The normalized spacial score (nSPS) is 11.1. The SMILES string of the molecule is Cc1ccc(/C=N/n2c(-c3ccccn3)n[nH]c2=S)cc1. The van der Waals surface area contributed by atoms with Crippen molar-refractivity contribution in [2.45, 2.75) is 6.92 Å². The molecule has 0 radical (unpaired) electrons. The summed E-state index contributed by atoms with van der Waals surface area (Å²) in [5, 5.41) is 11.3. The van der Waals surface area contributed by atoms with Crippen LogP contribution in [0.1, 0.15) is 11.1 Å². The van der Waals surface area contributed by atoms with E-state index in [1.165, 1.54) is 5.56 Å². The van der Waals surface area contributed by atoms with Crippen molar-refractivity contribution in [1.29, 1.82) is 0 Å². The second-order valence-corrected chi connectivity index (χ2v) is 4.92. The van der Waals surface area contributed by atoms with Gasteiger partial charge in [-0.3, -0.25) is 4.98 Å². The average molecular weight is 295 g/mol. The standard InChI is InChI=1S/C15H13N5S/c1-11-5-7-12(8-6-11)10-17-20-14(18-19-15(20)21)13-4-2-3-9-16-13/h2-10H,1H3,(H,19,21)/b17-10+. The van der Waals surface area contributed by atoms with E-state index in [4.69, 9.17) is 12.2 Å². The van der Waals surface area contributed by atoms with E-state index in [2.05, 4.69) is 20.3 Å². The molecule has 3 aromatic rings. The summed E-state index contributed by atoms with van der Waals surface area (Å²) in [5.41, 5.74) is 2.92. The van der Waals surface area contributed by atoms with E-state index in [0.29, 0.717) is 16.3 Å². The van der Waals surface area contributed by atoms with Gasteiger partial charge in [-0.05, 0) is 36.8 Å². The number of pyridine rings is 1. The van der Waals surface area contributed by atoms with E-state index in [0.717, 1.165) is 5.56 Å². The highest BCUT2D eigenvalue weighted by atomic mass is 32.1. The van der Waals surface area contributed by atoms with Crippen LogP contribution in [-0.4, -0.2) is 26.1 Å². The second-order valence-electron chi connectivity index (χ2n) is 4.53. The summed E-state index contributed by atoms with van der Waals surface area (Å²) in [5.74, 6) is 0.587. The summed E-state index contributed by atoms with van der Waals surface area (Å²) in [4.78, 5) is 4.27. The van der Waals surface area contributed by atoms with Gasteiger partial charge in [0.05, 0.1) is 6.21 Å². The van der Waals surface area contributed by atoms with Gasteiger partial charge in [-0.25, -0.2) is 5.10 Å². The Balaban J connectivity index is 1.98. The van der Waals surface area contributed by atoms with Gasteiger partial charge in [-0.2, -0.15) is 14.9 Å². The largest absolute Gasteiger partial charge is 0.253 e. The number of benzene rings is 1. The molecule has 5 nitrogen and oxygen atoms in total. The van der Waals surface area contributed by atoms with Gasteiger partial charge in [-0.1, -0.05) is 35.9 Å². The molecule has 0 aliphatic rings. The molecular formula is C15H13N5S. The summed E-state index contributed by atoms with van der Waals surface area (Å²) < 4.78 is 2.00. The van der Waals surface area contributed by atoms with Crippen molar-refractivity contribution in [1.82, 2.24) is 19.9 Å². The summed E-state index contributed by atoms with van der Waals surface area (Å²) in [6.07, 6.45) is 3.46. The number of nitrogens with one attached hydrogen (secondary N) is 1. The topological polar surface area (TPSA) is 58.9 Å². The molecule has 0 fully saturated rings. The minimum atomic E-state index is 0.430. The molecule has 2 heterocycles. The van der Waals surface area contributed by atoms with Crippen molar-refractivity contribution in [3.8, 4) is 11.5 Å². The van der Waals surface area contributed by atoms with E-state index in [-0.39, 0.29) is 0 Å². The Hall–Kier alpha value is -2.60. The molecule has 0 aliphatic heterocycles. The van der Waals surface area contributed by atoms with Gasteiger partial charge in [0.15, 0.2) is 0 Å². The summed E-state index contributed by atoms with van der Waals surface area (Å²) in [6, 6.07) is 13.7. The molecule has 0 aliphatic carbocycles. The first-order valence-electron chi connectivity index (χ1n) is 6.44. The Morgan fingerprint density at radius 2 is 2.00 bits per heavy atom. The minimum absolute atomic E-state index is 0.430. The molecule has 0 saturated carbocycles. The zero-order valence-electron chi connectivity index (χ0n) is 11.4. The second kappa shape index (κ2) is 5.80. The van der Waals surface area contributed by atoms with E-state index < -0.39 is 0 Å². The van der Waals surface area contributed by atoms with Crippen LogP contribution >= 0.6 is 12.2 Å². The number of aromatic nitrogens is 4. The van der Waals surface area contributed by atoms with Gasteiger partial charge in [0.25, 0.3) is 0 Å². The fourth-order valence-electron chi connectivity index (χ4n) is 1.84. The first-order chi connectivity index (χ1) is 10.2. The molecule has 104 valence electrons. The Morgan fingerprint density at radius 1 is 1.19 bits per heavy atom. The molecule has 1 aromatic carbocycles. The van der Waals surface area contributed by atoms with Crippen LogP contribution in [0.15, 0.2) is 53.8 Å². The molecule has 0 spiro atoms. The zero-order valence-corrected chi connectivity index (χ0v) is 12.2. The third-order valence-electron chi connectivity index (χ3n) is 2.94. The van der Waals surface area contributed by atoms with Crippen LogP contribution in [-0.2, 0) is 0 Å². The molecule has 1 N–H and O–H groups in total. The smallest absolute Gasteiger partial charge is 0.216 e. The lowest BCUT2D eigenvalue weighted by Gasteiger charge is -1.99. The maximum atomic E-state index is 5.21. The molecule has 0 amide bonds. The monoisotopic (exact) mass is 295 g/mol. The highest BCUT2D eigenvalue weighted by molar-refractivity contribution is 7.71. The minimum Gasteiger partial charge on any atom is -0.253 e.